The molecular weight excluding hydrogens is 473 g/mol. The number of benzene rings is 2. The summed E-state index contributed by atoms with van der Waals surface area (Å²) in [6, 6.07) is 16.8. The second-order valence-corrected chi connectivity index (χ2v) is 10.3. The van der Waals surface area contributed by atoms with Crippen molar-refractivity contribution in [3.05, 3.63) is 83.4 Å². The third-order valence-corrected chi connectivity index (χ3v) is 7.75. The number of hydrogen-bond donors (Lipinski definition) is 0. The fourth-order valence-electron chi connectivity index (χ4n) is 4.89. The van der Waals surface area contributed by atoms with E-state index in [-0.39, 0.29) is 17.6 Å². The molecule has 188 valence electrons. The lowest BCUT2D eigenvalue weighted by Crippen LogP contribution is -2.52. The van der Waals surface area contributed by atoms with Gasteiger partial charge < -0.3 is 9.80 Å². The first-order chi connectivity index (χ1) is 17.6. The van der Waals surface area contributed by atoms with Crippen LogP contribution in [0.5, 0.6) is 0 Å². The van der Waals surface area contributed by atoms with E-state index < -0.39 is 0 Å². The highest BCUT2D eigenvalue weighted by Crippen LogP contribution is 2.27. The zero-order valence-electron chi connectivity index (χ0n) is 20.4. The Balaban J connectivity index is 1.10. The first kappa shape index (κ1) is 24.6. The standard InChI is InChI=1S/C28H32FN5OS/c29-25-12-10-23(11-13-25)20-26-30-28(36-31-26)34-15-5-9-24(21-34)27(35)33-18-16-32(17-19-33)14-4-8-22-6-2-1-3-7-22/h1-4,6-8,10-13,24H,5,9,14-21H2/b8-4+. The van der Waals surface area contributed by atoms with Gasteiger partial charge in [0.1, 0.15) is 11.6 Å². The number of halogens is 1. The Hall–Kier alpha value is -3.10. The molecule has 0 spiro atoms. The third kappa shape index (κ3) is 6.36. The Kier molecular flexibility index (Phi) is 8.03. The topological polar surface area (TPSA) is 52.6 Å². The van der Waals surface area contributed by atoms with E-state index in [2.05, 4.69) is 38.5 Å². The van der Waals surface area contributed by atoms with Crippen molar-refractivity contribution < 1.29 is 9.18 Å². The van der Waals surface area contributed by atoms with E-state index in [4.69, 9.17) is 4.98 Å². The summed E-state index contributed by atoms with van der Waals surface area (Å²) in [5.74, 6) is 0.784. The molecule has 0 saturated carbocycles. The molecule has 0 aliphatic carbocycles. The van der Waals surface area contributed by atoms with Crippen LogP contribution in [0, 0.1) is 11.7 Å². The van der Waals surface area contributed by atoms with Crippen LogP contribution in [0.1, 0.15) is 29.8 Å². The van der Waals surface area contributed by atoms with Crippen LogP contribution in [0.25, 0.3) is 6.08 Å². The largest absolute Gasteiger partial charge is 0.346 e. The number of hydrogen-bond acceptors (Lipinski definition) is 6. The van der Waals surface area contributed by atoms with Crippen molar-refractivity contribution in [1.29, 1.82) is 0 Å². The molecule has 1 unspecified atom stereocenters. The highest BCUT2D eigenvalue weighted by molar-refractivity contribution is 7.09. The lowest BCUT2D eigenvalue weighted by molar-refractivity contribution is -0.137. The predicted molar refractivity (Wildman–Crippen MR) is 143 cm³/mol. The molecule has 1 aromatic heterocycles. The molecule has 5 rings (SSSR count). The maximum Gasteiger partial charge on any atom is 0.227 e. The summed E-state index contributed by atoms with van der Waals surface area (Å²) in [7, 11) is 0. The number of amides is 1. The molecule has 2 saturated heterocycles. The Bertz CT molecular complexity index is 1160. The molecular formula is C28H32FN5OS. The van der Waals surface area contributed by atoms with E-state index >= 15 is 0 Å². The van der Waals surface area contributed by atoms with Gasteiger partial charge in [-0.2, -0.15) is 4.37 Å². The summed E-state index contributed by atoms with van der Waals surface area (Å²) in [5, 5.41) is 0.875. The maximum absolute atomic E-state index is 13.3. The number of piperidine rings is 1. The predicted octanol–water partition coefficient (Wildman–Crippen LogP) is 4.34. The molecule has 3 heterocycles. The van der Waals surface area contributed by atoms with E-state index in [9.17, 15) is 9.18 Å². The molecule has 2 fully saturated rings. The van der Waals surface area contributed by atoms with Crippen molar-refractivity contribution in [2.45, 2.75) is 19.3 Å². The van der Waals surface area contributed by atoms with Crippen molar-refractivity contribution in [2.24, 2.45) is 5.92 Å². The van der Waals surface area contributed by atoms with Crippen molar-refractivity contribution >= 4 is 28.6 Å². The van der Waals surface area contributed by atoms with Gasteiger partial charge in [-0.1, -0.05) is 54.6 Å². The number of aromatic nitrogens is 2. The SMILES string of the molecule is O=C(C1CCCN(c2nc(Cc3ccc(F)cc3)ns2)C1)N1CCN(C/C=C/c2ccccc2)CC1. The molecule has 2 aromatic carbocycles. The van der Waals surface area contributed by atoms with Crippen LogP contribution in [-0.4, -0.2) is 70.9 Å². The number of carbonyl (C=O) groups excluding carboxylic acids is 1. The van der Waals surface area contributed by atoms with Gasteiger partial charge in [0.25, 0.3) is 0 Å². The normalized spacial score (nSPS) is 19.2. The van der Waals surface area contributed by atoms with E-state index in [1.807, 2.05) is 23.1 Å². The molecule has 36 heavy (non-hydrogen) atoms. The Morgan fingerprint density at radius 1 is 1.03 bits per heavy atom. The van der Waals surface area contributed by atoms with Crippen LogP contribution in [-0.2, 0) is 11.2 Å². The Morgan fingerprint density at radius 2 is 1.81 bits per heavy atom. The zero-order chi connectivity index (χ0) is 24.7. The molecule has 0 radical (unpaired) electrons. The van der Waals surface area contributed by atoms with Crippen LogP contribution in [0.2, 0.25) is 0 Å². The van der Waals surface area contributed by atoms with Gasteiger partial charge in [0.2, 0.25) is 11.0 Å². The molecule has 0 N–H and O–H groups in total. The van der Waals surface area contributed by atoms with Gasteiger partial charge in [-0.15, -0.1) is 0 Å². The Labute approximate surface area is 216 Å². The summed E-state index contributed by atoms with van der Waals surface area (Å²) < 4.78 is 17.7. The van der Waals surface area contributed by atoms with Crippen molar-refractivity contribution in [2.75, 3.05) is 50.7 Å². The minimum absolute atomic E-state index is 0.00715. The molecule has 1 amide bonds. The van der Waals surface area contributed by atoms with E-state index in [1.54, 1.807) is 12.1 Å². The summed E-state index contributed by atoms with van der Waals surface area (Å²) in [6.45, 7) is 5.89. The van der Waals surface area contributed by atoms with Gasteiger partial charge in [0, 0.05) is 63.8 Å². The van der Waals surface area contributed by atoms with Crippen LogP contribution in [0.3, 0.4) is 0 Å². The molecule has 3 aromatic rings. The zero-order valence-corrected chi connectivity index (χ0v) is 21.2. The number of piperazine rings is 1. The van der Waals surface area contributed by atoms with Gasteiger partial charge in [-0.3, -0.25) is 9.69 Å². The van der Waals surface area contributed by atoms with E-state index in [0.29, 0.717) is 13.0 Å². The van der Waals surface area contributed by atoms with Crippen LogP contribution < -0.4 is 4.90 Å². The monoisotopic (exact) mass is 505 g/mol. The quantitative estimate of drug-likeness (QED) is 0.478. The first-order valence-electron chi connectivity index (χ1n) is 12.7. The minimum atomic E-state index is -0.240. The van der Waals surface area contributed by atoms with Gasteiger partial charge in [-0.05, 0) is 36.1 Å². The van der Waals surface area contributed by atoms with Crippen molar-refractivity contribution in [3.8, 4) is 0 Å². The summed E-state index contributed by atoms with van der Waals surface area (Å²) in [6.07, 6.45) is 6.85. The fraction of sp³-hybridized carbons (Fsp3) is 0.393. The van der Waals surface area contributed by atoms with Gasteiger partial charge >= 0.3 is 0 Å². The maximum atomic E-state index is 13.3. The first-order valence-corrected chi connectivity index (χ1v) is 13.5. The number of rotatable bonds is 7. The van der Waals surface area contributed by atoms with Crippen molar-refractivity contribution in [3.63, 3.8) is 0 Å². The van der Waals surface area contributed by atoms with Crippen LogP contribution in [0.4, 0.5) is 9.52 Å². The average Bonchev–Trinajstić information content (AvgIpc) is 3.39. The fourth-order valence-corrected chi connectivity index (χ4v) is 5.61. The van der Waals surface area contributed by atoms with Gasteiger partial charge in [0.15, 0.2) is 0 Å². The van der Waals surface area contributed by atoms with E-state index in [1.165, 1.54) is 29.2 Å². The number of carbonyl (C=O) groups is 1. The average molecular weight is 506 g/mol. The summed E-state index contributed by atoms with van der Waals surface area (Å²) >= 11 is 1.39. The number of anilines is 1. The second-order valence-electron chi connectivity index (χ2n) is 9.52. The highest BCUT2D eigenvalue weighted by atomic mass is 32.1. The van der Waals surface area contributed by atoms with Crippen LogP contribution in [0.15, 0.2) is 60.7 Å². The lowest BCUT2D eigenvalue weighted by atomic mass is 9.96. The van der Waals surface area contributed by atoms with E-state index in [0.717, 1.165) is 68.6 Å². The second kappa shape index (κ2) is 11.8. The Morgan fingerprint density at radius 3 is 2.58 bits per heavy atom. The molecule has 6 nitrogen and oxygen atoms in total. The van der Waals surface area contributed by atoms with Gasteiger partial charge in [-0.25, -0.2) is 9.37 Å². The smallest absolute Gasteiger partial charge is 0.227 e. The summed E-state index contributed by atoms with van der Waals surface area (Å²) in [4.78, 5) is 24.7. The molecule has 2 aliphatic heterocycles. The highest BCUT2D eigenvalue weighted by Gasteiger charge is 2.32. The third-order valence-electron chi connectivity index (χ3n) is 6.93. The lowest BCUT2D eigenvalue weighted by Gasteiger charge is -2.38. The molecule has 1 atom stereocenters. The molecule has 2 aliphatic rings. The molecule has 8 heteroatoms. The minimum Gasteiger partial charge on any atom is -0.346 e. The molecule has 0 bridgehead atoms. The summed E-state index contributed by atoms with van der Waals surface area (Å²) in [5.41, 5.74) is 2.20. The van der Waals surface area contributed by atoms with Crippen molar-refractivity contribution in [1.82, 2.24) is 19.2 Å². The van der Waals surface area contributed by atoms with Gasteiger partial charge in [0.05, 0.1) is 5.92 Å². The number of nitrogens with zero attached hydrogens (tertiary/aromatic N) is 5. The van der Waals surface area contributed by atoms with Crippen LogP contribution >= 0.6 is 11.5 Å².